The Kier molecular flexibility index (Phi) is 43.9. The van der Waals surface area contributed by atoms with E-state index in [2.05, 4.69) is 45.1 Å². The average Bonchev–Trinajstić information content (AvgIpc) is 3.19. The Hall–Kier alpha value is -2.11. The number of allylic oxidation sites excluding steroid dienone is 4. The van der Waals surface area contributed by atoms with Crippen LogP contribution in [-0.4, -0.2) is 37.2 Å². The fourth-order valence-corrected chi connectivity index (χ4v) is 6.96. The minimum Gasteiger partial charge on any atom is -0.462 e. The van der Waals surface area contributed by atoms with Crippen LogP contribution in [0.1, 0.15) is 258 Å². The minimum atomic E-state index is -0.772. The highest BCUT2D eigenvalue weighted by Crippen LogP contribution is 2.15. The number of ether oxygens (including phenoxy) is 3. The molecule has 0 fully saturated rings. The van der Waals surface area contributed by atoms with Gasteiger partial charge in [-0.3, -0.25) is 14.4 Å². The maximum Gasteiger partial charge on any atom is 0.306 e. The van der Waals surface area contributed by atoms with Crippen molar-refractivity contribution in [1.82, 2.24) is 0 Å². The zero-order valence-electron chi connectivity index (χ0n) is 37.4. The molecule has 0 saturated heterocycles. The van der Waals surface area contributed by atoms with Gasteiger partial charge in [0.15, 0.2) is 6.10 Å². The summed E-state index contributed by atoms with van der Waals surface area (Å²) in [5.41, 5.74) is 0. The fraction of sp³-hybridized carbons (Fsp3) is 0.860. The number of unbranched alkanes of at least 4 members (excludes halogenated alkanes) is 29. The first-order valence-corrected chi connectivity index (χ1v) is 24.3. The highest BCUT2D eigenvalue weighted by atomic mass is 16.6. The molecule has 0 aliphatic heterocycles. The molecule has 1 atom stereocenters. The Morgan fingerprint density at radius 2 is 0.589 bits per heavy atom. The van der Waals surface area contributed by atoms with Crippen molar-refractivity contribution in [2.45, 2.75) is 264 Å². The van der Waals surface area contributed by atoms with Gasteiger partial charge in [-0.25, -0.2) is 0 Å². The predicted molar refractivity (Wildman–Crippen MR) is 238 cm³/mol. The number of carbonyl (C=O) groups is 3. The number of hydrogen-bond donors (Lipinski definition) is 0. The van der Waals surface area contributed by atoms with Crippen LogP contribution < -0.4 is 0 Å². The van der Waals surface area contributed by atoms with Crippen molar-refractivity contribution >= 4 is 17.9 Å². The van der Waals surface area contributed by atoms with Gasteiger partial charge in [0.25, 0.3) is 0 Å². The first kappa shape index (κ1) is 53.9. The van der Waals surface area contributed by atoms with E-state index in [-0.39, 0.29) is 31.1 Å². The molecule has 0 bridgehead atoms. The summed E-state index contributed by atoms with van der Waals surface area (Å²) >= 11 is 0. The molecule has 0 spiro atoms. The Balaban J connectivity index is 4.38. The lowest BCUT2D eigenvalue weighted by Gasteiger charge is -2.18. The highest BCUT2D eigenvalue weighted by Gasteiger charge is 2.19. The first-order chi connectivity index (χ1) is 27.5. The van der Waals surface area contributed by atoms with Crippen LogP contribution in [0.2, 0.25) is 0 Å². The van der Waals surface area contributed by atoms with Crippen LogP contribution in [0.5, 0.6) is 0 Å². The van der Waals surface area contributed by atoms with Gasteiger partial charge >= 0.3 is 17.9 Å². The first-order valence-electron chi connectivity index (χ1n) is 24.3. The van der Waals surface area contributed by atoms with Crippen LogP contribution in [0.3, 0.4) is 0 Å². The molecular weight excluding hydrogens is 697 g/mol. The molecule has 0 N–H and O–H groups in total. The molecule has 1 unspecified atom stereocenters. The van der Waals surface area contributed by atoms with Gasteiger partial charge in [-0.05, 0) is 70.6 Å². The molecule has 0 aliphatic rings. The van der Waals surface area contributed by atoms with E-state index in [1.807, 2.05) is 0 Å². The molecule has 0 heterocycles. The zero-order chi connectivity index (χ0) is 40.8. The molecule has 6 heteroatoms. The van der Waals surface area contributed by atoms with Gasteiger partial charge in [-0.15, -0.1) is 0 Å². The van der Waals surface area contributed by atoms with Crippen LogP contribution in [0.25, 0.3) is 0 Å². The molecule has 0 aliphatic carbocycles. The van der Waals surface area contributed by atoms with Crippen molar-refractivity contribution in [1.29, 1.82) is 0 Å². The topological polar surface area (TPSA) is 78.9 Å². The summed E-state index contributed by atoms with van der Waals surface area (Å²) in [6.45, 7) is 6.60. The third-order valence-electron chi connectivity index (χ3n) is 10.7. The minimum absolute atomic E-state index is 0.0740. The predicted octanol–water partition coefficient (Wildman–Crippen LogP) is 15.6. The Labute approximate surface area is 347 Å². The highest BCUT2D eigenvalue weighted by molar-refractivity contribution is 5.71. The van der Waals surface area contributed by atoms with Crippen LogP contribution in [0.15, 0.2) is 24.3 Å². The molecule has 0 rings (SSSR count). The largest absolute Gasteiger partial charge is 0.462 e. The van der Waals surface area contributed by atoms with Gasteiger partial charge in [-0.1, -0.05) is 193 Å². The summed E-state index contributed by atoms with van der Waals surface area (Å²) in [7, 11) is 0. The van der Waals surface area contributed by atoms with E-state index in [9.17, 15) is 14.4 Å². The fourth-order valence-electron chi connectivity index (χ4n) is 6.96. The second-order valence-corrected chi connectivity index (χ2v) is 16.4. The molecule has 0 aromatic rings. The standard InChI is InChI=1S/C50H92O6/c1-4-7-10-13-16-19-22-25-28-31-34-37-40-43-49(52)55-46-47(45-54-48(51)42-39-36-33-30-27-24-21-18-15-12-9-6-3)56-50(53)44-41-38-35-32-29-26-23-20-17-14-11-8-5-2/h19-20,22-23,47H,4-18,21,24-46H2,1-3H3. The van der Waals surface area contributed by atoms with Crippen molar-refractivity contribution < 1.29 is 28.6 Å². The summed E-state index contributed by atoms with van der Waals surface area (Å²) in [6.07, 6.45) is 50.1. The molecule has 0 radical (unpaired) electrons. The van der Waals surface area contributed by atoms with Gasteiger partial charge in [0, 0.05) is 19.3 Å². The van der Waals surface area contributed by atoms with E-state index in [0.29, 0.717) is 19.3 Å². The third kappa shape index (κ3) is 43.0. The molecule has 56 heavy (non-hydrogen) atoms. The lowest BCUT2D eigenvalue weighted by Crippen LogP contribution is -2.30. The average molecular weight is 789 g/mol. The maximum atomic E-state index is 12.7. The molecule has 0 saturated carbocycles. The zero-order valence-corrected chi connectivity index (χ0v) is 37.4. The lowest BCUT2D eigenvalue weighted by atomic mass is 10.0. The van der Waals surface area contributed by atoms with Gasteiger partial charge in [0.1, 0.15) is 13.2 Å². The normalized spacial score (nSPS) is 12.1. The van der Waals surface area contributed by atoms with Crippen LogP contribution in [0.4, 0.5) is 0 Å². The SMILES string of the molecule is CCCCCCC=CCCCCCCCC(=O)OCC(COC(=O)CCCCCCCCCCCCCC)OC(=O)CCCCCCCC=CCCCCCC. The quantitative estimate of drug-likeness (QED) is 0.0265. The van der Waals surface area contributed by atoms with Crippen molar-refractivity contribution in [2.24, 2.45) is 0 Å². The van der Waals surface area contributed by atoms with E-state index >= 15 is 0 Å². The van der Waals surface area contributed by atoms with Crippen molar-refractivity contribution in [2.75, 3.05) is 13.2 Å². The molecule has 328 valence electrons. The summed E-state index contributed by atoms with van der Waals surface area (Å²) < 4.78 is 16.7. The third-order valence-corrected chi connectivity index (χ3v) is 10.7. The van der Waals surface area contributed by atoms with E-state index in [1.54, 1.807) is 0 Å². The maximum absolute atomic E-state index is 12.7. The smallest absolute Gasteiger partial charge is 0.306 e. The molecular formula is C50H92O6. The van der Waals surface area contributed by atoms with Crippen molar-refractivity contribution in [3.8, 4) is 0 Å². The molecule has 0 aromatic heterocycles. The Morgan fingerprint density at radius 3 is 0.911 bits per heavy atom. The van der Waals surface area contributed by atoms with Crippen molar-refractivity contribution in [3.05, 3.63) is 24.3 Å². The van der Waals surface area contributed by atoms with Gasteiger partial charge in [0.05, 0.1) is 0 Å². The van der Waals surface area contributed by atoms with Crippen molar-refractivity contribution in [3.63, 3.8) is 0 Å². The van der Waals surface area contributed by atoms with Crippen LogP contribution in [0, 0.1) is 0 Å². The van der Waals surface area contributed by atoms with E-state index in [1.165, 1.54) is 148 Å². The van der Waals surface area contributed by atoms with Crippen LogP contribution in [-0.2, 0) is 28.6 Å². The van der Waals surface area contributed by atoms with Gasteiger partial charge in [0.2, 0.25) is 0 Å². The van der Waals surface area contributed by atoms with E-state index in [0.717, 1.165) is 70.6 Å². The summed E-state index contributed by atoms with van der Waals surface area (Å²) in [6, 6.07) is 0. The van der Waals surface area contributed by atoms with Gasteiger partial charge < -0.3 is 14.2 Å². The second-order valence-electron chi connectivity index (χ2n) is 16.4. The Bertz CT molecular complexity index is 911. The van der Waals surface area contributed by atoms with Crippen LogP contribution >= 0.6 is 0 Å². The Morgan fingerprint density at radius 1 is 0.339 bits per heavy atom. The van der Waals surface area contributed by atoms with Gasteiger partial charge in [-0.2, -0.15) is 0 Å². The number of esters is 3. The van der Waals surface area contributed by atoms with E-state index < -0.39 is 6.10 Å². The molecule has 0 aromatic carbocycles. The summed E-state index contributed by atoms with van der Waals surface area (Å²) in [4.78, 5) is 37.8. The lowest BCUT2D eigenvalue weighted by molar-refractivity contribution is -0.167. The number of rotatable bonds is 44. The second kappa shape index (κ2) is 45.6. The summed E-state index contributed by atoms with van der Waals surface area (Å²) in [5.74, 6) is -0.884. The molecule has 0 amide bonds. The number of carbonyl (C=O) groups excluding carboxylic acids is 3. The number of hydrogen-bond acceptors (Lipinski definition) is 6. The monoisotopic (exact) mass is 789 g/mol. The summed E-state index contributed by atoms with van der Waals surface area (Å²) in [5, 5.41) is 0. The van der Waals surface area contributed by atoms with E-state index in [4.69, 9.17) is 14.2 Å². The molecule has 6 nitrogen and oxygen atoms in total.